The molecule has 0 fully saturated rings. The van der Waals surface area contributed by atoms with Gasteiger partial charge < -0.3 is 15.0 Å². The first-order chi connectivity index (χ1) is 13.1. The number of nitro benzene ring substituents is 1. The lowest BCUT2D eigenvalue weighted by molar-refractivity contribution is -0.383. The Morgan fingerprint density at radius 3 is 2.78 bits per heavy atom. The number of aromatic nitrogens is 2. The highest BCUT2D eigenvalue weighted by atomic mass is 16.6. The van der Waals surface area contributed by atoms with Crippen LogP contribution < -0.4 is 10.9 Å². The van der Waals surface area contributed by atoms with Crippen LogP contribution in [0.4, 0.5) is 11.4 Å². The van der Waals surface area contributed by atoms with Crippen molar-refractivity contribution in [2.75, 3.05) is 11.9 Å². The van der Waals surface area contributed by atoms with E-state index < -0.39 is 10.5 Å². The zero-order valence-electron chi connectivity index (χ0n) is 14.9. The van der Waals surface area contributed by atoms with Gasteiger partial charge in [-0.2, -0.15) is 0 Å². The van der Waals surface area contributed by atoms with Gasteiger partial charge in [0.25, 0.3) is 11.2 Å². The summed E-state index contributed by atoms with van der Waals surface area (Å²) >= 11 is 0. The van der Waals surface area contributed by atoms with Crippen molar-refractivity contribution in [2.24, 2.45) is 0 Å². The molecule has 2 aromatic carbocycles. The smallest absolute Gasteiger partial charge is 0.293 e. The minimum Gasteiger partial charge on any atom is -0.377 e. The van der Waals surface area contributed by atoms with E-state index in [1.807, 2.05) is 31.2 Å². The summed E-state index contributed by atoms with van der Waals surface area (Å²) in [6, 6.07) is 10.5. The number of ether oxygens (including phenoxy) is 1. The predicted molar refractivity (Wildman–Crippen MR) is 103 cm³/mol. The van der Waals surface area contributed by atoms with Crippen LogP contribution in [0, 0.1) is 10.1 Å². The molecule has 0 spiro atoms. The van der Waals surface area contributed by atoms with Crippen molar-refractivity contribution < 1.29 is 9.66 Å². The summed E-state index contributed by atoms with van der Waals surface area (Å²) in [5.41, 5.74) is 2.15. The van der Waals surface area contributed by atoms with Crippen LogP contribution in [0.1, 0.15) is 24.5 Å². The molecule has 3 rings (SSSR count). The molecule has 0 unspecified atom stereocenters. The number of fused-ring (bicyclic) bond motifs is 1. The fraction of sp³-hybridized carbons (Fsp3) is 0.263. The highest BCUT2D eigenvalue weighted by Crippen LogP contribution is 2.28. The van der Waals surface area contributed by atoms with Crippen molar-refractivity contribution >= 4 is 22.3 Å². The van der Waals surface area contributed by atoms with Gasteiger partial charge in [-0.25, -0.2) is 4.98 Å². The monoisotopic (exact) mass is 368 g/mol. The number of anilines is 1. The number of nitrogens with zero attached hydrogens (tertiary/aromatic N) is 2. The van der Waals surface area contributed by atoms with Gasteiger partial charge in [0, 0.05) is 19.2 Å². The molecule has 1 aromatic heterocycles. The third-order valence-electron chi connectivity index (χ3n) is 4.15. The summed E-state index contributed by atoms with van der Waals surface area (Å²) in [5, 5.41) is 14.7. The van der Waals surface area contributed by atoms with Crippen molar-refractivity contribution in [3.05, 3.63) is 74.3 Å². The number of rotatable bonds is 8. The summed E-state index contributed by atoms with van der Waals surface area (Å²) < 4.78 is 5.61. The molecule has 8 nitrogen and oxygen atoms in total. The Morgan fingerprint density at radius 1 is 1.26 bits per heavy atom. The lowest BCUT2D eigenvalue weighted by Gasteiger charge is -2.12. The van der Waals surface area contributed by atoms with E-state index in [1.54, 1.807) is 0 Å². The highest BCUT2D eigenvalue weighted by molar-refractivity contribution is 5.86. The molecule has 0 amide bonds. The Labute approximate surface area is 155 Å². The lowest BCUT2D eigenvalue weighted by Crippen LogP contribution is -2.09. The second-order valence-electron chi connectivity index (χ2n) is 6.05. The Morgan fingerprint density at radius 2 is 2.04 bits per heavy atom. The Hall–Kier alpha value is -3.26. The van der Waals surface area contributed by atoms with E-state index in [4.69, 9.17) is 4.74 Å². The second-order valence-corrected chi connectivity index (χ2v) is 6.05. The molecule has 0 atom stereocenters. The van der Waals surface area contributed by atoms with E-state index in [-0.39, 0.29) is 11.1 Å². The van der Waals surface area contributed by atoms with E-state index in [1.165, 1.54) is 18.5 Å². The van der Waals surface area contributed by atoms with Gasteiger partial charge in [0.15, 0.2) is 0 Å². The van der Waals surface area contributed by atoms with Crippen LogP contribution >= 0.6 is 0 Å². The number of nitro groups is 1. The SMILES string of the molecule is CCCOCc1ccccc1CNc1cc2nc[nH]c(=O)c2cc1[N+](=O)[O-]. The van der Waals surface area contributed by atoms with E-state index >= 15 is 0 Å². The van der Waals surface area contributed by atoms with Crippen molar-refractivity contribution in [1.82, 2.24) is 9.97 Å². The quantitative estimate of drug-likeness (QED) is 0.358. The summed E-state index contributed by atoms with van der Waals surface area (Å²) in [5.74, 6) is 0. The number of hydrogen-bond acceptors (Lipinski definition) is 6. The molecule has 0 radical (unpaired) electrons. The Balaban J connectivity index is 1.88. The van der Waals surface area contributed by atoms with Gasteiger partial charge in [-0.3, -0.25) is 14.9 Å². The fourth-order valence-electron chi connectivity index (χ4n) is 2.78. The molecule has 8 heteroatoms. The predicted octanol–water partition coefficient (Wildman–Crippen LogP) is 3.37. The van der Waals surface area contributed by atoms with Crippen LogP contribution in [-0.2, 0) is 17.9 Å². The maximum atomic E-state index is 11.9. The zero-order valence-corrected chi connectivity index (χ0v) is 14.9. The standard InChI is InChI=1S/C19H20N4O4/c1-2-7-27-11-14-6-4-3-5-13(14)10-20-17-9-16-15(8-18(17)23(25)26)19(24)22-12-21-16/h3-6,8-9,12,20H,2,7,10-11H2,1H3,(H,21,22,24). The molecular formula is C19H20N4O4. The van der Waals surface area contributed by atoms with Crippen molar-refractivity contribution in [2.45, 2.75) is 26.5 Å². The molecule has 140 valence electrons. The molecule has 0 aliphatic heterocycles. The lowest BCUT2D eigenvalue weighted by atomic mass is 10.1. The number of nitrogens with one attached hydrogen (secondary N) is 2. The zero-order chi connectivity index (χ0) is 19.2. The van der Waals surface area contributed by atoms with E-state index in [0.29, 0.717) is 31.0 Å². The van der Waals surface area contributed by atoms with Gasteiger partial charge in [-0.15, -0.1) is 0 Å². The van der Waals surface area contributed by atoms with Crippen LogP contribution in [0.3, 0.4) is 0 Å². The van der Waals surface area contributed by atoms with Gasteiger partial charge >= 0.3 is 0 Å². The first kappa shape index (κ1) is 18.5. The number of aromatic amines is 1. The molecule has 0 aliphatic carbocycles. The average Bonchev–Trinajstić information content (AvgIpc) is 2.67. The van der Waals surface area contributed by atoms with Gasteiger partial charge in [0.2, 0.25) is 0 Å². The molecule has 2 N–H and O–H groups in total. The van der Waals surface area contributed by atoms with Gasteiger partial charge in [-0.05, 0) is 23.6 Å². The van der Waals surface area contributed by atoms with Crippen LogP contribution in [-0.4, -0.2) is 21.5 Å². The van der Waals surface area contributed by atoms with Gasteiger partial charge in [0.1, 0.15) is 5.69 Å². The summed E-state index contributed by atoms with van der Waals surface area (Å²) in [4.78, 5) is 29.3. The molecule has 0 aliphatic rings. The largest absolute Gasteiger partial charge is 0.377 e. The summed E-state index contributed by atoms with van der Waals surface area (Å²) in [7, 11) is 0. The number of benzene rings is 2. The summed E-state index contributed by atoms with van der Waals surface area (Å²) in [6.45, 7) is 3.60. The maximum absolute atomic E-state index is 11.9. The maximum Gasteiger partial charge on any atom is 0.293 e. The normalized spacial score (nSPS) is 10.9. The Bertz CT molecular complexity index is 1020. The van der Waals surface area contributed by atoms with Crippen LogP contribution in [0.2, 0.25) is 0 Å². The van der Waals surface area contributed by atoms with Crippen molar-refractivity contribution in [1.29, 1.82) is 0 Å². The molecule has 0 saturated carbocycles. The van der Waals surface area contributed by atoms with E-state index in [2.05, 4.69) is 15.3 Å². The average molecular weight is 368 g/mol. The topological polar surface area (TPSA) is 110 Å². The summed E-state index contributed by atoms with van der Waals surface area (Å²) in [6.07, 6.45) is 2.22. The van der Waals surface area contributed by atoms with Crippen LogP contribution in [0.5, 0.6) is 0 Å². The minimum absolute atomic E-state index is 0.166. The minimum atomic E-state index is -0.509. The van der Waals surface area contributed by atoms with Gasteiger partial charge in [0.05, 0.1) is 28.8 Å². The molecule has 1 heterocycles. The third-order valence-corrected chi connectivity index (χ3v) is 4.15. The fourth-order valence-corrected chi connectivity index (χ4v) is 2.78. The molecular weight excluding hydrogens is 348 g/mol. The second kappa shape index (κ2) is 8.41. The Kier molecular flexibility index (Phi) is 5.77. The van der Waals surface area contributed by atoms with Crippen LogP contribution in [0.15, 0.2) is 47.5 Å². The van der Waals surface area contributed by atoms with Crippen molar-refractivity contribution in [3.8, 4) is 0 Å². The number of H-pyrrole nitrogens is 1. The first-order valence-electron chi connectivity index (χ1n) is 8.64. The molecule has 3 aromatic rings. The molecule has 27 heavy (non-hydrogen) atoms. The highest BCUT2D eigenvalue weighted by Gasteiger charge is 2.17. The van der Waals surface area contributed by atoms with Gasteiger partial charge in [-0.1, -0.05) is 31.2 Å². The number of hydrogen-bond donors (Lipinski definition) is 2. The van der Waals surface area contributed by atoms with E-state index in [0.717, 1.165) is 17.5 Å². The molecule has 0 saturated heterocycles. The first-order valence-corrected chi connectivity index (χ1v) is 8.64. The van der Waals surface area contributed by atoms with E-state index in [9.17, 15) is 14.9 Å². The third kappa shape index (κ3) is 4.29. The molecule has 0 bridgehead atoms. The van der Waals surface area contributed by atoms with Crippen molar-refractivity contribution in [3.63, 3.8) is 0 Å². The van der Waals surface area contributed by atoms with Crippen LogP contribution in [0.25, 0.3) is 10.9 Å².